The molecule has 0 aromatic heterocycles. The van der Waals surface area contributed by atoms with Crippen molar-refractivity contribution >= 4 is 0 Å². The number of halogens is 1. The molecular weight excluding hydrogens is 155 g/mol. The zero-order valence-electron chi connectivity index (χ0n) is 7.38. The van der Waals surface area contributed by atoms with E-state index in [4.69, 9.17) is 4.74 Å². The van der Waals surface area contributed by atoms with Crippen molar-refractivity contribution in [2.75, 3.05) is 0 Å². The van der Waals surface area contributed by atoms with E-state index >= 15 is 0 Å². The van der Waals surface area contributed by atoms with E-state index in [0.29, 0.717) is 6.61 Å². The number of ether oxygens (including phenoxy) is 1. The lowest BCUT2D eigenvalue weighted by Gasteiger charge is -2.06. The third-order valence-electron chi connectivity index (χ3n) is 1.47. The van der Waals surface area contributed by atoms with Crippen molar-refractivity contribution in [1.82, 2.24) is 0 Å². The monoisotopic (exact) mass is 168 g/mol. The molecule has 0 aliphatic carbocycles. The molecule has 0 aliphatic heterocycles. The quantitative estimate of drug-likeness (QED) is 0.674. The van der Waals surface area contributed by atoms with Crippen LogP contribution in [0.1, 0.15) is 19.4 Å². The summed E-state index contributed by atoms with van der Waals surface area (Å²) in [6, 6.07) is 6.46. The zero-order valence-corrected chi connectivity index (χ0v) is 7.38. The second-order valence-corrected chi connectivity index (χ2v) is 2.99. The maximum atomic E-state index is 12.6. The van der Waals surface area contributed by atoms with E-state index in [0.717, 1.165) is 5.56 Å². The van der Waals surface area contributed by atoms with Crippen molar-refractivity contribution in [2.45, 2.75) is 26.6 Å². The van der Waals surface area contributed by atoms with Crippen LogP contribution in [-0.2, 0) is 11.3 Å². The van der Waals surface area contributed by atoms with Crippen LogP contribution in [0.2, 0.25) is 0 Å². The average molecular weight is 168 g/mol. The van der Waals surface area contributed by atoms with Crippen LogP contribution in [0.5, 0.6) is 0 Å². The summed E-state index contributed by atoms with van der Waals surface area (Å²) < 4.78 is 18.0. The van der Waals surface area contributed by atoms with Crippen molar-refractivity contribution in [3.8, 4) is 0 Å². The normalized spacial score (nSPS) is 10.7. The summed E-state index contributed by atoms with van der Waals surface area (Å²) in [5.74, 6) is -0.208. The zero-order chi connectivity index (χ0) is 8.97. The first-order chi connectivity index (χ1) is 5.68. The van der Waals surface area contributed by atoms with Gasteiger partial charge in [0.1, 0.15) is 5.82 Å². The molecule has 0 bridgehead atoms. The Kier molecular flexibility index (Phi) is 3.23. The van der Waals surface area contributed by atoms with Gasteiger partial charge in [0, 0.05) is 0 Å². The molecule has 0 saturated heterocycles. The molecule has 1 aromatic rings. The van der Waals surface area contributed by atoms with Crippen LogP contribution in [0.15, 0.2) is 24.3 Å². The minimum Gasteiger partial charge on any atom is -0.374 e. The van der Waals surface area contributed by atoms with Gasteiger partial charge in [-0.15, -0.1) is 0 Å². The fourth-order valence-corrected chi connectivity index (χ4v) is 0.890. The van der Waals surface area contributed by atoms with Gasteiger partial charge in [-0.3, -0.25) is 0 Å². The summed E-state index contributed by atoms with van der Waals surface area (Å²) in [4.78, 5) is 0. The molecule has 0 fully saturated rings. The number of hydrogen-bond acceptors (Lipinski definition) is 1. The third kappa shape index (κ3) is 3.01. The Bertz CT molecular complexity index is 245. The van der Waals surface area contributed by atoms with Crippen LogP contribution in [0.25, 0.3) is 0 Å². The molecule has 0 N–H and O–H groups in total. The minimum absolute atomic E-state index is 0.188. The Balaban J connectivity index is 2.52. The molecule has 0 amide bonds. The lowest BCUT2D eigenvalue weighted by atomic mass is 10.2. The summed E-state index contributed by atoms with van der Waals surface area (Å²) in [5, 5.41) is 0. The fourth-order valence-electron chi connectivity index (χ4n) is 0.890. The van der Waals surface area contributed by atoms with Crippen LogP contribution >= 0.6 is 0 Å². The van der Waals surface area contributed by atoms with Gasteiger partial charge in [-0.2, -0.15) is 0 Å². The standard InChI is InChI=1S/C10H13FO/c1-8(2)12-7-9-4-3-5-10(11)6-9/h3-6,8H,7H2,1-2H3. The van der Waals surface area contributed by atoms with Gasteiger partial charge in [0.15, 0.2) is 0 Å². The SMILES string of the molecule is CC(C)OCc1cccc(F)c1. The highest BCUT2D eigenvalue weighted by molar-refractivity contribution is 5.15. The van der Waals surface area contributed by atoms with Crippen LogP contribution in [0.3, 0.4) is 0 Å². The highest BCUT2D eigenvalue weighted by atomic mass is 19.1. The summed E-state index contributed by atoms with van der Waals surface area (Å²) >= 11 is 0. The summed E-state index contributed by atoms with van der Waals surface area (Å²) in [5.41, 5.74) is 0.878. The first-order valence-corrected chi connectivity index (χ1v) is 4.04. The maximum Gasteiger partial charge on any atom is 0.123 e. The van der Waals surface area contributed by atoms with E-state index in [2.05, 4.69) is 0 Å². The molecule has 0 unspecified atom stereocenters. The molecule has 1 nitrogen and oxygen atoms in total. The van der Waals surface area contributed by atoms with Crippen LogP contribution < -0.4 is 0 Å². The molecule has 12 heavy (non-hydrogen) atoms. The highest BCUT2D eigenvalue weighted by Gasteiger charge is 1.96. The lowest BCUT2D eigenvalue weighted by molar-refractivity contribution is 0.0655. The molecule has 0 atom stereocenters. The minimum atomic E-state index is -0.208. The van der Waals surface area contributed by atoms with Crippen molar-refractivity contribution in [3.63, 3.8) is 0 Å². The molecule has 0 spiro atoms. The van der Waals surface area contributed by atoms with E-state index in [1.807, 2.05) is 19.9 Å². The summed E-state index contributed by atoms with van der Waals surface area (Å²) in [6.07, 6.45) is 0.188. The van der Waals surface area contributed by atoms with Gasteiger partial charge in [-0.1, -0.05) is 12.1 Å². The van der Waals surface area contributed by atoms with Crippen molar-refractivity contribution < 1.29 is 9.13 Å². The average Bonchev–Trinajstić information content (AvgIpc) is 2.01. The maximum absolute atomic E-state index is 12.6. The molecule has 1 rings (SSSR count). The van der Waals surface area contributed by atoms with E-state index in [1.54, 1.807) is 6.07 Å². The van der Waals surface area contributed by atoms with E-state index in [-0.39, 0.29) is 11.9 Å². The van der Waals surface area contributed by atoms with Gasteiger partial charge >= 0.3 is 0 Å². The van der Waals surface area contributed by atoms with Crippen molar-refractivity contribution in [3.05, 3.63) is 35.6 Å². The Morgan fingerprint density at radius 3 is 2.75 bits per heavy atom. The lowest BCUT2D eigenvalue weighted by Crippen LogP contribution is -2.02. The predicted molar refractivity (Wildman–Crippen MR) is 46.3 cm³/mol. The molecule has 0 radical (unpaired) electrons. The molecule has 1 aromatic carbocycles. The molecular formula is C10H13FO. The van der Waals surface area contributed by atoms with Gasteiger partial charge in [0.2, 0.25) is 0 Å². The van der Waals surface area contributed by atoms with Gasteiger partial charge in [0.25, 0.3) is 0 Å². The molecule has 0 heterocycles. The number of benzene rings is 1. The van der Waals surface area contributed by atoms with Gasteiger partial charge < -0.3 is 4.74 Å². The summed E-state index contributed by atoms with van der Waals surface area (Å²) in [6.45, 7) is 4.40. The van der Waals surface area contributed by atoms with E-state index < -0.39 is 0 Å². The summed E-state index contributed by atoms with van der Waals surface area (Å²) in [7, 11) is 0. The second kappa shape index (κ2) is 4.21. The van der Waals surface area contributed by atoms with E-state index in [1.165, 1.54) is 12.1 Å². The molecule has 0 saturated carbocycles. The largest absolute Gasteiger partial charge is 0.374 e. The second-order valence-electron chi connectivity index (χ2n) is 2.99. The highest BCUT2D eigenvalue weighted by Crippen LogP contribution is 2.05. The topological polar surface area (TPSA) is 9.23 Å². The first-order valence-electron chi connectivity index (χ1n) is 4.04. The van der Waals surface area contributed by atoms with Crippen LogP contribution in [-0.4, -0.2) is 6.10 Å². The van der Waals surface area contributed by atoms with Crippen molar-refractivity contribution in [2.24, 2.45) is 0 Å². The fraction of sp³-hybridized carbons (Fsp3) is 0.400. The van der Waals surface area contributed by atoms with E-state index in [9.17, 15) is 4.39 Å². The Morgan fingerprint density at radius 2 is 2.17 bits per heavy atom. The Morgan fingerprint density at radius 1 is 1.42 bits per heavy atom. The Hall–Kier alpha value is -0.890. The first kappa shape index (κ1) is 9.20. The molecule has 0 aliphatic rings. The molecule has 2 heteroatoms. The van der Waals surface area contributed by atoms with Gasteiger partial charge in [-0.25, -0.2) is 4.39 Å². The number of hydrogen-bond donors (Lipinski definition) is 0. The third-order valence-corrected chi connectivity index (χ3v) is 1.47. The predicted octanol–water partition coefficient (Wildman–Crippen LogP) is 2.75. The van der Waals surface area contributed by atoms with Gasteiger partial charge in [-0.05, 0) is 31.5 Å². The Labute approximate surface area is 72.2 Å². The number of rotatable bonds is 3. The smallest absolute Gasteiger partial charge is 0.123 e. The van der Waals surface area contributed by atoms with Crippen LogP contribution in [0.4, 0.5) is 4.39 Å². The van der Waals surface area contributed by atoms with Gasteiger partial charge in [0.05, 0.1) is 12.7 Å². The van der Waals surface area contributed by atoms with Crippen molar-refractivity contribution in [1.29, 1.82) is 0 Å². The molecule has 66 valence electrons. The van der Waals surface area contributed by atoms with Crippen LogP contribution in [0, 0.1) is 5.82 Å².